The number of anilines is 1. The Morgan fingerprint density at radius 1 is 1.12 bits per heavy atom. The number of nitrogens with zero attached hydrogens (tertiary/aromatic N) is 2. The van der Waals surface area contributed by atoms with Crippen LogP contribution in [0.5, 0.6) is 0 Å². The van der Waals surface area contributed by atoms with Crippen LogP contribution in [-0.2, 0) is 4.79 Å². The summed E-state index contributed by atoms with van der Waals surface area (Å²) in [7, 11) is 0. The first-order valence-corrected chi connectivity index (χ1v) is 7.94. The van der Waals surface area contributed by atoms with Gasteiger partial charge in [-0.1, -0.05) is 35.9 Å². The fourth-order valence-electron chi connectivity index (χ4n) is 2.18. The lowest BCUT2D eigenvalue weighted by Gasteiger charge is -2.11. The molecular formula is C16H9ClN2O4S. The predicted octanol–water partition coefficient (Wildman–Crippen LogP) is 4.49. The average molecular weight is 361 g/mol. The second kappa shape index (κ2) is 6.46. The molecular weight excluding hydrogens is 352 g/mol. The van der Waals surface area contributed by atoms with Gasteiger partial charge in [-0.2, -0.15) is 0 Å². The molecule has 2 aromatic rings. The van der Waals surface area contributed by atoms with Gasteiger partial charge in [0.15, 0.2) is 0 Å². The molecule has 2 aromatic carbocycles. The highest BCUT2D eigenvalue weighted by atomic mass is 35.5. The van der Waals surface area contributed by atoms with Gasteiger partial charge in [0.25, 0.3) is 16.8 Å². The maximum Gasteiger partial charge on any atom is 0.298 e. The Kier molecular flexibility index (Phi) is 4.37. The summed E-state index contributed by atoms with van der Waals surface area (Å²) in [5.74, 6) is -0.464. The first-order chi connectivity index (χ1) is 11.5. The van der Waals surface area contributed by atoms with Crippen LogP contribution in [0.4, 0.5) is 16.2 Å². The van der Waals surface area contributed by atoms with E-state index in [-0.39, 0.29) is 15.6 Å². The molecule has 1 saturated heterocycles. The molecule has 3 rings (SSSR count). The smallest absolute Gasteiger partial charge is 0.268 e. The molecule has 24 heavy (non-hydrogen) atoms. The van der Waals surface area contributed by atoms with Crippen LogP contribution in [-0.4, -0.2) is 16.1 Å². The van der Waals surface area contributed by atoms with Crippen molar-refractivity contribution in [2.45, 2.75) is 0 Å². The maximum absolute atomic E-state index is 12.5. The van der Waals surface area contributed by atoms with Crippen molar-refractivity contribution < 1.29 is 14.5 Å². The SMILES string of the molecule is O=C1S/C(=C/c2ccc(Cl)c([N+](=O)[O-])c2)C(=O)N1c1ccccc1. The lowest BCUT2D eigenvalue weighted by molar-refractivity contribution is -0.384. The molecule has 0 N–H and O–H groups in total. The van der Waals surface area contributed by atoms with Crippen molar-refractivity contribution in [3.63, 3.8) is 0 Å². The van der Waals surface area contributed by atoms with Gasteiger partial charge in [-0.3, -0.25) is 19.7 Å². The summed E-state index contributed by atoms with van der Waals surface area (Å²) in [5, 5.41) is 10.5. The lowest BCUT2D eigenvalue weighted by atomic mass is 10.2. The third-order valence-electron chi connectivity index (χ3n) is 3.27. The van der Waals surface area contributed by atoms with E-state index in [4.69, 9.17) is 11.6 Å². The molecule has 0 spiro atoms. The molecule has 0 atom stereocenters. The summed E-state index contributed by atoms with van der Waals surface area (Å²) in [6.45, 7) is 0. The van der Waals surface area contributed by atoms with Gasteiger partial charge < -0.3 is 0 Å². The zero-order chi connectivity index (χ0) is 17.3. The Bertz CT molecular complexity index is 883. The average Bonchev–Trinajstić information content (AvgIpc) is 2.83. The Morgan fingerprint density at radius 3 is 2.50 bits per heavy atom. The van der Waals surface area contributed by atoms with Crippen molar-refractivity contribution in [1.82, 2.24) is 0 Å². The number of nitro benzene ring substituents is 1. The number of thioether (sulfide) groups is 1. The molecule has 120 valence electrons. The number of halogens is 1. The first kappa shape index (κ1) is 16.2. The molecule has 2 amide bonds. The van der Waals surface area contributed by atoms with Gasteiger partial charge in [-0.05, 0) is 41.6 Å². The van der Waals surface area contributed by atoms with Gasteiger partial charge in [0.05, 0.1) is 15.5 Å². The Labute approximate surface area is 145 Å². The van der Waals surface area contributed by atoms with Crippen molar-refractivity contribution in [2.24, 2.45) is 0 Å². The number of amides is 2. The maximum atomic E-state index is 12.5. The van der Waals surface area contributed by atoms with Crippen molar-refractivity contribution in [1.29, 1.82) is 0 Å². The van der Waals surface area contributed by atoms with E-state index in [1.165, 1.54) is 18.2 Å². The van der Waals surface area contributed by atoms with E-state index >= 15 is 0 Å². The van der Waals surface area contributed by atoms with Crippen LogP contribution in [0.15, 0.2) is 53.4 Å². The van der Waals surface area contributed by atoms with Crippen molar-refractivity contribution in [3.8, 4) is 0 Å². The molecule has 0 aliphatic carbocycles. The van der Waals surface area contributed by atoms with E-state index in [1.807, 2.05) is 0 Å². The van der Waals surface area contributed by atoms with Crippen LogP contribution >= 0.6 is 23.4 Å². The largest absolute Gasteiger partial charge is 0.298 e. The minimum Gasteiger partial charge on any atom is -0.268 e. The van der Waals surface area contributed by atoms with Gasteiger partial charge in [0.1, 0.15) is 5.02 Å². The van der Waals surface area contributed by atoms with E-state index in [1.54, 1.807) is 36.4 Å². The molecule has 1 aliphatic heterocycles. The fourth-order valence-corrected chi connectivity index (χ4v) is 3.21. The van der Waals surface area contributed by atoms with Gasteiger partial charge in [-0.15, -0.1) is 0 Å². The van der Waals surface area contributed by atoms with Crippen LogP contribution in [0.25, 0.3) is 6.08 Å². The van der Waals surface area contributed by atoms with Crippen LogP contribution in [0.2, 0.25) is 5.02 Å². The summed E-state index contributed by atoms with van der Waals surface area (Å²) < 4.78 is 0. The summed E-state index contributed by atoms with van der Waals surface area (Å²) in [6.07, 6.45) is 1.44. The molecule has 0 bridgehead atoms. The number of carbonyl (C=O) groups is 2. The third kappa shape index (κ3) is 3.04. The van der Waals surface area contributed by atoms with Crippen LogP contribution in [0.3, 0.4) is 0 Å². The second-order valence-corrected chi connectivity index (χ2v) is 6.22. The lowest BCUT2D eigenvalue weighted by Crippen LogP contribution is -2.27. The van der Waals surface area contributed by atoms with Crippen LogP contribution in [0, 0.1) is 10.1 Å². The molecule has 6 nitrogen and oxygen atoms in total. The Hall–Kier alpha value is -2.64. The molecule has 0 aromatic heterocycles. The molecule has 0 radical (unpaired) electrons. The molecule has 8 heteroatoms. The summed E-state index contributed by atoms with van der Waals surface area (Å²) >= 11 is 6.55. The monoisotopic (exact) mass is 360 g/mol. The van der Waals surface area contributed by atoms with Crippen LogP contribution in [0.1, 0.15) is 5.56 Å². The van der Waals surface area contributed by atoms with Gasteiger partial charge in [-0.25, -0.2) is 4.90 Å². The Balaban J connectivity index is 1.95. The topological polar surface area (TPSA) is 80.5 Å². The second-order valence-electron chi connectivity index (χ2n) is 4.82. The zero-order valence-electron chi connectivity index (χ0n) is 12.0. The number of para-hydroxylation sites is 1. The van der Waals surface area contributed by atoms with Crippen molar-refractivity contribution in [3.05, 3.63) is 74.1 Å². The van der Waals surface area contributed by atoms with E-state index in [2.05, 4.69) is 0 Å². The highest BCUT2D eigenvalue weighted by molar-refractivity contribution is 8.19. The predicted molar refractivity (Wildman–Crippen MR) is 93.0 cm³/mol. The number of rotatable bonds is 3. The molecule has 0 unspecified atom stereocenters. The van der Waals surface area contributed by atoms with Crippen LogP contribution < -0.4 is 4.90 Å². The van der Waals surface area contributed by atoms with Gasteiger partial charge in [0, 0.05) is 6.07 Å². The summed E-state index contributed by atoms with van der Waals surface area (Å²) in [5.41, 5.74) is 0.642. The Morgan fingerprint density at radius 2 is 1.83 bits per heavy atom. The third-order valence-corrected chi connectivity index (χ3v) is 4.46. The minimum atomic E-state index is -0.602. The minimum absolute atomic E-state index is 0.00883. The van der Waals surface area contributed by atoms with E-state index in [0.717, 1.165) is 16.7 Å². The van der Waals surface area contributed by atoms with E-state index < -0.39 is 16.1 Å². The number of nitro groups is 1. The number of hydrogen-bond donors (Lipinski definition) is 0. The number of hydrogen-bond acceptors (Lipinski definition) is 5. The molecule has 1 fully saturated rings. The van der Waals surface area contributed by atoms with E-state index in [0.29, 0.717) is 11.3 Å². The zero-order valence-corrected chi connectivity index (χ0v) is 13.6. The summed E-state index contributed by atoms with van der Waals surface area (Å²) in [6, 6.07) is 12.7. The molecule has 1 aliphatic rings. The first-order valence-electron chi connectivity index (χ1n) is 6.74. The van der Waals surface area contributed by atoms with Crippen molar-refractivity contribution >= 4 is 52.0 Å². The summed E-state index contributed by atoms with van der Waals surface area (Å²) in [4.78, 5) is 36.2. The highest BCUT2D eigenvalue weighted by Crippen LogP contribution is 2.36. The number of carbonyl (C=O) groups excluding carboxylic acids is 2. The number of imide groups is 1. The fraction of sp³-hybridized carbons (Fsp3) is 0. The highest BCUT2D eigenvalue weighted by Gasteiger charge is 2.36. The molecule has 1 heterocycles. The number of benzene rings is 2. The van der Waals surface area contributed by atoms with Gasteiger partial charge in [0.2, 0.25) is 0 Å². The quantitative estimate of drug-likeness (QED) is 0.457. The van der Waals surface area contributed by atoms with Gasteiger partial charge >= 0.3 is 0 Å². The standard InChI is InChI=1S/C16H9ClN2O4S/c17-12-7-6-10(8-13(12)19(22)23)9-14-15(20)18(16(21)24-14)11-4-2-1-3-5-11/h1-9H/b14-9+. The van der Waals surface area contributed by atoms with E-state index in [9.17, 15) is 19.7 Å². The molecule has 0 saturated carbocycles. The normalized spacial score (nSPS) is 16.0. The van der Waals surface area contributed by atoms with Crippen molar-refractivity contribution in [2.75, 3.05) is 4.90 Å².